The third kappa shape index (κ3) is 3.72. The maximum Gasteiger partial charge on any atom is 0.350 e. The Morgan fingerprint density at radius 2 is 1.73 bits per heavy atom. The quantitative estimate of drug-likeness (QED) is 0.613. The van der Waals surface area contributed by atoms with Crippen molar-refractivity contribution >= 4 is 21.4 Å². The van der Waals surface area contributed by atoms with Crippen LogP contribution in [-0.4, -0.2) is 53.1 Å². The highest BCUT2D eigenvalue weighted by Crippen LogP contribution is 2.23. The van der Waals surface area contributed by atoms with E-state index in [4.69, 9.17) is 0 Å². The number of anilines is 1. The van der Waals surface area contributed by atoms with Gasteiger partial charge < -0.3 is 4.90 Å². The van der Waals surface area contributed by atoms with E-state index in [-0.39, 0.29) is 41.1 Å². The van der Waals surface area contributed by atoms with E-state index in [1.807, 2.05) is 18.7 Å². The summed E-state index contributed by atoms with van der Waals surface area (Å²) >= 11 is 0. The van der Waals surface area contributed by atoms with Crippen molar-refractivity contribution in [3.05, 3.63) is 58.9 Å². The monoisotopic (exact) mass is 433 g/mol. The van der Waals surface area contributed by atoms with Crippen LogP contribution in [0.15, 0.2) is 52.3 Å². The molecule has 0 amide bonds. The number of hydrogen-bond donors (Lipinski definition) is 0. The van der Waals surface area contributed by atoms with Crippen molar-refractivity contribution in [1.82, 2.24) is 18.5 Å². The predicted octanol–water partition coefficient (Wildman–Crippen LogP) is 1.80. The van der Waals surface area contributed by atoms with Crippen LogP contribution in [0.1, 0.15) is 13.8 Å². The second-order valence-electron chi connectivity index (χ2n) is 7.79. The van der Waals surface area contributed by atoms with E-state index in [0.29, 0.717) is 19.6 Å². The molecule has 1 fully saturated rings. The highest BCUT2D eigenvalue weighted by atomic mass is 32.2. The summed E-state index contributed by atoms with van der Waals surface area (Å²) in [7, 11) is -3.82. The maximum absolute atomic E-state index is 13.3. The summed E-state index contributed by atoms with van der Waals surface area (Å²) in [4.78, 5) is 14.6. The molecule has 3 heterocycles. The van der Waals surface area contributed by atoms with Gasteiger partial charge in [0.15, 0.2) is 5.65 Å². The number of rotatable bonds is 5. The van der Waals surface area contributed by atoms with Crippen LogP contribution < -0.4 is 10.6 Å². The Morgan fingerprint density at radius 1 is 1.07 bits per heavy atom. The molecule has 10 heteroatoms. The van der Waals surface area contributed by atoms with Gasteiger partial charge in [0.25, 0.3) is 0 Å². The van der Waals surface area contributed by atoms with E-state index < -0.39 is 10.0 Å². The van der Waals surface area contributed by atoms with E-state index in [0.717, 1.165) is 5.69 Å². The molecular formula is C20H24FN5O3S. The van der Waals surface area contributed by atoms with Gasteiger partial charge in [-0.25, -0.2) is 26.7 Å². The Kier molecular flexibility index (Phi) is 5.37. The Labute approximate surface area is 174 Å². The summed E-state index contributed by atoms with van der Waals surface area (Å²) in [6.07, 6.45) is 1.53. The standard InChI is InChI=1S/C20H24FN5O3S/c1-15(2)14-26-20(27)25-9-3-4-18(19(25)22-26)30(28,29)24-12-10-23(11-13-24)17-7-5-16(21)6-8-17/h3-9,15H,10-14H2,1-2H3. The van der Waals surface area contributed by atoms with Gasteiger partial charge in [-0.1, -0.05) is 13.8 Å². The number of benzene rings is 1. The van der Waals surface area contributed by atoms with Gasteiger partial charge in [0.1, 0.15) is 10.7 Å². The number of piperazine rings is 1. The van der Waals surface area contributed by atoms with Gasteiger partial charge in [0, 0.05) is 44.6 Å². The van der Waals surface area contributed by atoms with Crippen molar-refractivity contribution < 1.29 is 12.8 Å². The average molecular weight is 434 g/mol. The fraction of sp³-hybridized carbons (Fsp3) is 0.400. The van der Waals surface area contributed by atoms with Crippen LogP contribution >= 0.6 is 0 Å². The highest BCUT2D eigenvalue weighted by Gasteiger charge is 2.31. The van der Waals surface area contributed by atoms with Crippen LogP contribution in [0.2, 0.25) is 0 Å². The Hall–Kier alpha value is -2.72. The number of sulfonamides is 1. The minimum absolute atomic E-state index is 0.0276. The van der Waals surface area contributed by atoms with E-state index in [1.54, 1.807) is 18.2 Å². The molecule has 0 spiro atoms. The summed E-state index contributed by atoms with van der Waals surface area (Å²) in [5.41, 5.74) is 0.649. The first-order valence-electron chi connectivity index (χ1n) is 9.86. The lowest BCUT2D eigenvalue weighted by Crippen LogP contribution is -2.48. The first kappa shape index (κ1) is 20.5. The third-order valence-electron chi connectivity index (χ3n) is 5.16. The predicted molar refractivity (Wildman–Crippen MR) is 112 cm³/mol. The summed E-state index contributed by atoms with van der Waals surface area (Å²) in [5.74, 6) is -0.104. The van der Waals surface area contributed by atoms with E-state index in [2.05, 4.69) is 5.10 Å². The molecule has 0 radical (unpaired) electrons. The second kappa shape index (κ2) is 7.84. The molecule has 1 saturated heterocycles. The smallest absolute Gasteiger partial charge is 0.350 e. The molecule has 0 unspecified atom stereocenters. The molecule has 1 aliphatic rings. The summed E-state index contributed by atoms with van der Waals surface area (Å²) in [5, 5.41) is 4.30. The van der Waals surface area contributed by atoms with E-state index in [9.17, 15) is 17.6 Å². The van der Waals surface area contributed by atoms with Crippen molar-refractivity contribution in [2.75, 3.05) is 31.1 Å². The molecule has 0 bridgehead atoms. The lowest BCUT2D eigenvalue weighted by atomic mass is 10.2. The van der Waals surface area contributed by atoms with Crippen LogP contribution in [0, 0.1) is 11.7 Å². The van der Waals surface area contributed by atoms with Crippen molar-refractivity contribution in [2.45, 2.75) is 25.3 Å². The maximum atomic E-state index is 13.3. The molecule has 30 heavy (non-hydrogen) atoms. The lowest BCUT2D eigenvalue weighted by Gasteiger charge is -2.35. The summed E-state index contributed by atoms with van der Waals surface area (Å²) in [6, 6.07) is 9.21. The number of hydrogen-bond acceptors (Lipinski definition) is 5. The SMILES string of the molecule is CC(C)Cn1nc2c(S(=O)(=O)N3CCN(c4ccc(F)cc4)CC3)cccn2c1=O. The minimum Gasteiger partial charge on any atom is -0.369 e. The minimum atomic E-state index is -3.82. The van der Waals surface area contributed by atoms with Crippen molar-refractivity contribution in [1.29, 1.82) is 0 Å². The van der Waals surface area contributed by atoms with Gasteiger partial charge in [-0.2, -0.15) is 4.31 Å². The molecular weight excluding hydrogens is 409 g/mol. The normalized spacial score (nSPS) is 15.9. The zero-order valence-electron chi connectivity index (χ0n) is 16.9. The van der Waals surface area contributed by atoms with Crippen LogP contribution in [-0.2, 0) is 16.6 Å². The Balaban J connectivity index is 1.60. The molecule has 0 atom stereocenters. The fourth-order valence-electron chi connectivity index (χ4n) is 3.66. The van der Waals surface area contributed by atoms with Gasteiger partial charge >= 0.3 is 5.69 Å². The van der Waals surface area contributed by atoms with E-state index in [1.165, 1.54) is 37.8 Å². The molecule has 0 N–H and O–H groups in total. The first-order valence-corrected chi connectivity index (χ1v) is 11.3. The number of halogens is 1. The fourth-order valence-corrected chi connectivity index (χ4v) is 5.20. The molecule has 2 aromatic heterocycles. The van der Waals surface area contributed by atoms with Gasteiger partial charge in [-0.15, -0.1) is 5.10 Å². The van der Waals surface area contributed by atoms with Crippen LogP contribution in [0.4, 0.5) is 10.1 Å². The molecule has 160 valence electrons. The highest BCUT2D eigenvalue weighted by molar-refractivity contribution is 7.89. The number of aromatic nitrogens is 3. The Bertz CT molecular complexity index is 1210. The second-order valence-corrected chi connectivity index (χ2v) is 9.70. The first-order chi connectivity index (χ1) is 14.3. The topological polar surface area (TPSA) is 79.9 Å². The average Bonchev–Trinajstić information content (AvgIpc) is 3.03. The zero-order chi connectivity index (χ0) is 21.5. The summed E-state index contributed by atoms with van der Waals surface area (Å²) < 4.78 is 43.8. The number of fused-ring (bicyclic) bond motifs is 1. The Morgan fingerprint density at radius 3 is 2.37 bits per heavy atom. The summed E-state index contributed by atoms with van der Waals surface area (Å²) in [6.45, 7) is 5.90. The van der Waals surface area contributed by atoms with Gasteiger partial charge in [-0.05, 0) is 42.3 Å². The largest absolute Gasteiger partial charge is 0.369 e. The molecule has 0 saturated carbocycles. The van der Waals surface area contributed by atoms with Gasteiger partial charge in [-0.3, -0.25) is 0 Å². The van der Waals surface area contributed by atoms with Crippen molar-refractivity contribution in [3.63, 3.8) is 0 Å². The van der Waals surface area contributed by atoms with Gasteiger partial charge in [0.05, 0.1) is 0 Å². The van der Waals surface area contributed by atoms with Crippen LogP contribution in [0.25, 0.3) is 5.65 Å². The number of nitrogens with zero attached hydrogens (tertiary/aromatic N) is 5. The van der Waals surface area contributed by atoms with Crippen LogP contribution in [0.5, 0.6) is 0 Å². The molecule has 4 rings (SSSR count). The van der Waals surface area contributed by atoms with Crippen LogP contribution in [0.3, 0.4) is 0 Å². The van der Waals surface area contributed by atoms with Crippen molar-refractivity contribution in [3.8, 4) is 0 Å². The number of pyridine rings is 1. The van der Waals surface area contributed by atoms with Gasteiger partial charge in [0.2, 0.25) is 10.0 Å². The molecule has 1 aromatic carbocycles. The van der Waals surface area contributed by atoms with E-state index >= 15 is 0 Å². The molecule has 0 aliphatic carbocycles. The lowest BCUT2D eigenvalue weighted by molar-refractivity contribution is 0.385. The zero-order valence-corrected chi connectivity index (χ0v) is 17.7. The molecule has 1 aliphatic heterocycles. The third-order valence-corrected chi connectivity index (χ3v) is 7.08. The van der Waals surface area contributed by atoms with Crippen molar-refractivity contribution in [2.24, 2.45) is 5.92 Å². The molecule has 3 aromatic rings. The molecule has 8 nitrogen and oxygen atoms in total.